The fraction of sp³-hybridized carbons (Fsp3) is 0.167. The quantitative estimate of drug-likeness (QED) is 0.700. The summed E-state index contributed by atoms with van der Waals surface area (Å²) in [6.45, 7) is 1.55. The molecule has 4 heteroatoms. The van der Waals surface area contributed by atoms with Gasteiger partial charge in [-0.2, -0.15) is 0 Å². The first-order valence-electron chi connectivity index (χ1n) is 5.18. The van der Waals surface area contributed by atoms with Gasteiger partial charge in [0.25, 0.3) is 0 Å². The largest absolute Gasteiger partial charge is 0.336 e. The number of nitrogens with one attached hydrogen (secondary N) is 2. The summed E-state index contributed by atoms with van der Waals surface area (Å²) in [5.74, 6) is 0. The molecule has 1 aromatic heterocycles. The Bertz CT molecular complexity index is 411. The van der Waals surface area contributed by atoms with Crippen LogP contribution in [-0.4, -0.2) is 24.1 Å². The van der Waals surface area contributed by atoms with Gasteiger partial charge in [-0.15, -0.1) is 0 Å². The van der Waals surface area contributed by atoms with E-state index in [1.165, 1.54) is 5.39 Å². The van der Waals surface area contributed by atoms with E-state index in [0.717, 1.165) is 18.6 Å². The maximum atomic E-state index is 10.0. The number of carbonyl (C=O) groups excluding carboxylic acids is 1. The Hall–Kier alpha value is -2.10. The highest BCUT2D eigenvalue weighted by molar-refractivity contribution is 5.77. The van der Waals surface area contributed by atoms with Crippen LogP contribution in [0.15, 0.2) is 42.6 Å². The molecule has 0 spiro atoms. The SMILES string of the molecule is O=C1NCCN1.c1ccc2ncccc2c1. The lowest BCUT2D eigenvalue weighted by molar-refractivity contribution is 0.248. The average Bonchev–Trinajstić information content (AvgIpc) is 2.81. The van der Waals surface area contributed by atoms with Crippen molar-refractivity contribution in [2.45, 2.75) is 0 Å². The molecule has 1 fully saturated rings. The van der Waals surface area contributed by atoms with E-state index in [9.17, 15) is 4.79 Å². The molecule has 1 aliphatic rings. The van der Waals surface area contributed by atoms with E-state index in [-0.39, 0.29) is 6.03 Å². The van der Waals surface area contributed by atoms with Gasteiger partial charge in [-0.05, 0) is 12.1 Å². The predicted molar refractivity (Wildman–Crippen MR) is 63.1 cm³/mol. The summed E-state index contributed by atoms with van der Waals surface area (Å²) in [4.78, 5) is 14.2. The molecule has 2 N–H and O–H groups in total. The molecule has 0 unspecified atom stereocenters. The maximum Gasteiger partial charge on any atom is 0.314 e. The number of urea groups is 1. The summed E-state index contributed by atoms with van der Waals surface area (Å²) in [6, 6.07) is 12.0. The Morgan fingerprint density at radius 3 is 2.31 bits per heavy atom. The number of amides is 2. The molecule has 1 aliphatic heterocycles. The monoisotopic (exact) mass is 215 g/mol. The van der Waals surface area contributed by atoms with Gasteiger partial charge < -0.3 is 10.6 Å². The first-order valence-corrected chi connectivity index (χ1v) is 5.18. The van der Waals surface area contributed by atoms with Gasteiger partial charge in [-0.1, -0.05) is 24.3 Å². The Kier molecular flexibility index (Phi) is 3.33. The molecule has 3 rings (SSSR count). The number of nitrogens with zero attached hydrogens (tertiary/aromatic N) is 1. The first-order chi connectivity index (χ1) is 7.86. The van der Waals surface area contributed by atoms with Crippen molar-refractivity contribution in [3.63, 3.8) is 0 Å². The van der Waals surface area contributed by atoms with E-state index in [4.69, 9.17) is 0 Å². The molecule has 0 radical (unpaired) electrons. The van der Waals surface area contributed by atoms with Crippen LogP contribution >= 0.6 is 0 Å². The van der Waals surface area contributed by atoms with Crippen LogP contribution in [0.25, 0.3) is 10.9 Å². The van der Waals surface area contributed by atoms with Crippen molar-refractivity contribution in [2.24, 2.45) is 0 Å². The van der Waals surface area contributed by atoms with Crippen LogP contribution < -0.4 is 10.6 Å². The number of pyridine rings is 1. The normalized spacial score (nSPS) is 13.6. The number of hydrogen-bond acceptors (Lipinski definition) is 2. The van der Waals surface area contributed by atoms with Crippen molar-refractivity contribution in [2.75, 3.05) is 13.1 Å². The van der Waals surface area contributed by atoms with Gasteiger partial charge in [0.2, 0.25) is 0 Å². The lowest BCUT2D eigenvalue weighted by atomic mass is 10.2. The molecule has 82 valence electrons. The van der Waals surface area contributed by atoms with Crippen molar-refractivity contribution >= 4 is 16.9 Å². The number of fused-ring (bicyclic) bond motifs is 1. The first kappa shape index (κ1) is 10.4. The molecule has 4 nitrogen and oxygen atoms in total. The highest BCUT2D eigenvalue weighted by atomic mass is 16.2. The minimum Gasteiger partial charge on any atom is -0.336 e. The minimum absolute atomic E-state index is 0.0463. The Morgan fingerprint density at radius 1 is 1.00 bits per heavy atom. The standard InChI is InChI=1S/C9H7N.C3H6N2O/c1-2-6-9-8(4-1)5-3-7-10-9;6-3-4-1-2-5-3/h1-7H;1-2H2,(H2,4,5,6). The zero-order valence-electron chi connectivity index (χ0n) is 8.81. The Morgan fingerprint density at radius 2 is 1.69 bits per heavy atom. The smallest absolute Gasteiger partial charge is 0.314 e. The van der Waals surface area contributed by atoms with E-state index in [1.54, 1.807) is 0 Å². The van der Waals surface area contributed by atoms with Crippen LogP contribution in [0.3, 0.4) is 0 Å². The fourth-order valence-corrected chi connectivity index (χ4v) is 1.43. The van der Waals surface area contributed by atoms with E-state index in [1.807, 2.05) is 30.5 Å². The third kappa shape index (κ3) is 2.70. The van der Waals surface area contributed by atoms with E-state index < -0.39 is 0 Å². The molecule has 2 amide bonds. The summed E-state index contributed by atoms with van der Waals surface area (Å²) < 4.78 is 0. The van der Waals surface area contributed by atoms with Gasteiger partial charge in [0.1, 0.15) is 0 Å². The molecule has 0 saturated carbocycles. The van der Waals surface area contributed by atoms with Crippen molar-refractivity contribution in [3.05, 3.63) is 42.6 Å². The summed E-state index contributed by atoms with van der Waals surface area (Å²) in [7, 11) is 0. The topological polar surface area (TPSA) is 54.0 Å². The third-order valence-electron chi connectivity index (χ3n) is 2.21. The molecule has 2 aromatic rings. The summed E-state index contributed by atoms with van der Waals surface area (Å²) in [5.41, 5.74) is 1.06. The number of carbonyl (C=O) groups is 1. The lowest BCUT2D eigenvalue weighted by Gasteiger charge is -1.91. The second-order valence-corrected chi connectivity index (χ2v) is 3.38. The molecular formula is C12H13N3O. The van der Waals surface area contributed by atoms with Crippen LogP contribution in [0, 0.1) is 0 Å². The number of aromatic nitrogens is 1. The molecule has 1 aromatic carbocycles. The van der Waals surface area contributed by atoms with Crippen molar-refractivity contribution in [3.8, 4) is 0 Å². The summed E-state index contributed by atoms with van der Waals surface area (Å²) in [6.07, 6.45) is 1.81. The van der Waals surface area contributed by atoms with Crippen LogP contribution in [0.1, 0.15) is 0 Å². The second kappa shape index (κ2) is 5.11. The number of rotatable bonds is 0. The maximum absolute atomic E-state index is 10.0. The van der Waals surface area contributed by atoms with Crippen LogP contribution in [-0.2, 0) is 0 Å². The van der Waals surface area contributed by atoms with Gasteiger partial charge in [0.15, 0.2) is 0 Å². The molecule has 16 heavy (non-hydrogen) atoms. The summed E-state index contributed by atoms with van der Waals surface area (Å²) in [5, 5.41) is 6.34. The van der Waals surface area contributed by atoms with Gasteiger partial charge >= 0.3 is 6.03 Å². The molecule has 0 aliphatic carbocycles. The van der Waals surface area contributed by atoms with Gasteiger partial charge in [0, 0.05) is 24.7 Å². The Balaban J connectivity index is 0.000000138. The van der Waals surface area contributed by atoms with Crippen LogP contribution in [0.2, 0.25) is 0 Å². The fourth-order valence-electron chi connectivity index (χ4n) is 1.43. The van der Waals surface area contributed by atoms with Gasteiger partial charge in [-0.25, -0.2) is 4.79 Å². The predicted octanol–water partition coefficient (Wildman–Crippen LogP) is 1.53. The second-order valence-electron chi connectivity index (χ2n) is 3.38. The van der Waals surface area contributed by atoms with Crippen molar-refractivity contribution < 1.29 is 4.79 Å². The minimum atomic E-state index is -0.0463. The highest BCUT2D eigenvalue weighted by Crippen LogP contribution is 2.07. The molecule has 0 atom stereocenters. The van der Waals surface area contributed by atoms with Crippen LogP contribution in [0.5, 0.6) is 0 Å². The summed E-state index contributed by atoms with van der Waals surface area (Å²) >= 11 is 0. The zero-order chi connectivity index (χ0) is 11.2. The van der Waals surface area contributed by atoms with Gasteiger partial charge in [0.05, 0.1) is 5.52 Å². The number of hydrogen-bond donors (Lipinski definition) is 2. The van der Waals surface area contributed by atoms with Crippen LogP contribution in [0.4, 0.5) is 4.79 Å². The molecule has 1 saturated heterocycles. The molecular weight excluding hydrogens is 202 g/mol. The van der Waals surface area contributed by atoms with Crippen molar-refractivity contribution in [1.82, 2.24) is 15.6 Å². The zero-order valence-corrected chi connectivity index (χ0v) is 8.81. The molecule has 2 heterocycles. The number of para-hydroxylation sites is 1. The Labute approximate surface area is 93.7 Å². The van der Waals surface area contributed by atoms with E-state index in [0.29, 0.717) is 0 Å². The van der Waals surface area contributed by atoms with E-state index in [2.05, 4.69) is 27.8 Å². The van der Waals surface area contributed by atoms with Gasteiger partial charge in [-0.3, -0.25) is 4.98 Å². The van der Waals surface area contributed by atoms with E-state index >= 15 is 0 Å². The lowest BCUT2D eigenvalue weighted by Crippen LogP contribution is -2.20. The average molecular weight is 215 g/mol. The third-order valence-corrected chi connectivity index (χ3v) is 2.21. The molecule has 0 bridgehead atoms. The van der Waals surface area contributed by atoms with Crippen molar-refractivity contribution in [1.29, 1.82) is 0 Å². The number of benzene rings is 1. The highest BCUT2D eigenvalue weighted by Gasteiger charge is 2.03.